The molecule has 0 amide bonds. The Kier molecular flexibility index (Phi) is 4.01. The molecule has 1 aromatic carbocycles. The summed E-state index contributed by atoms with van der Waals surface area (Å²) in [6.07, 6.45) is 9.28. The van der Waals surface area contributed by atoms with Crippen LogP contribution >= 0.6 is 0 Å². The van der Waals surface area contributed by atoms with E-state index < -0.39 is 0 Å². The molecular weight excluding hydrogens is 206 g/mol. The average molecular weight is 229 g/mol. The predicted molar refractivity (Wildman–Crippen MR) is 73.8 cm³/mol. The number of nitrogens with two attached hydrogens (primary N) is 1. The molecule has 1 nitrogen and oxygen atoms in total. The molecule has 92 valence electrons. The lowest BCUT2D eigenvalue weighted by Gasteiger charge is -2.39. The van der Waals surface area contributed by atoms with Crippen molar-refractivity contribution >= 4 is 0 Å². The number of rotatable bonds is 4. The molecule has 0 aromatic heterocycles. The summed E-state index contributed by atoms with van der Waals surface area (Å²) in [5, 5.41) is 0. The van der Waals surface area contributed by atoms with E-state index in [0.717, 1.165) is 19.3 Å². The van der Waals surface area contributed by atoms with Crippen LogP contribution in [-0.2, 0) is 6.42 Å². The van der Waals surface area contributed by atoms with E-state index in [9.17, 15) is 0 Å². The van der Waals surface area contributed by atoms with Gasteiger partial charge in [-0.2, -0.15) is 0 Å². The number of benzene rings is 1. The molecule has 2 N–H and O–H groups in total. The number of hydrogen-bond donors (Lipinski definition) is 1. The van der Waals surface area contributed by atoms with Crippen LogP contribution in [0.1, 0.15) is 37.7 Å². The summed E-state index contributed by atoms with van der Waals surface area (Å²) in [4.78, 5) is 0. The fraction of sp³-hybridized carbons (Fsp3) is 0.500. The minimum Gasteiger partial charge on any atom is -0.325 e. The Bertz CT molecular complexity index is 349. The molecule has 0 spiro atoms. The van der Waals surface area contributed by atoms with E-state index >= 15 is 0 Å². The van der Waals surface area contributed by atoms with E-state index in [-0.39, 0.29) is 5.54 Å². The predicted octanol–water partition coefficient (Wildman–Crippen LogP) is 3.69. The summed E-state index contributed by atoms with van der Waals surface area (Å²) >= 11 is 0. The van der Waals surface area contributed by atoms with Crippen molar-refractivity contribution in [2.24, 2.45) is 11.7 Å². The SMILES string of the molecule is C=C[C@H](Cc1ccccc1)C1(N)CCCCC1. The summed E-state index contributed by atoms with van der Waals surface area (Å²) in [5.41, 5.74) is 7.94. The van der Waals surface area contributed by atoms with Crippen molar-refractivity contribution in [1.82, 2.24) is 0 Å². The van der Waals surface area contributed by atoms with Crippen molar-refractivity contribution in [3.63, 3.8) is 0 Å². The van der Waals surface area contributed by atoms with Gasteiger partial charge in [-0.05, 0) is 30.7 Å². The van der Waals surface area contributed by atoms with Crippen LogP contribution < -0.4 is 5.73 Å². The molecule has 1 atom stereocenters. The molecule has 0 bridgehead atoms. The lowest BCUT2D eigenvalue weighted by molar-refractivity contribution is 0.227. The minimum atomic E-state index is -0.0180. The first-order chi connectivity index (χ1) is 8.24. The average Bonchev–Trinajstić information content (AvgIpc) is 2.38. The van der Waals surface area contributed by atoms with Crippen molar-refractivity contribution in [3.8, 4) is 0 Å². The molecule has 17 heavy (non-hydrogen) atoms. The molecule has 1 fully saturated rings. The van der Waals surface area contributed by atoms with Crippen molar-refractivity contribution in [2.75, 3.05) is 0 Å². The molecule has 0 unspecified atom stereocenters. The molecule has 2 rings (SSSR count). The molecule has 1 saturated carbocycles. The summed E-state index contributed by atoms with van der Waals surface area (Å²) in [7, 11) is 0. The van der Waals surface area contributed by atoms with Gasteiger partial charge < -0.3 is 5.73 Å². The zero-order valence-electron chi connectivity index (χ0n) is 10.6. The second kappa shape index (κ2) is 5.50. The van der Waals surface area contributed by atoms with Gasteiger partial charge in [0.1, 0.15) is 0 Å². The first-order valence-electron chi connectivity index (χ1n) is 6.70. The van der Waals surface area contributed by atoms with E-state index in [0.29, 0.717) is 5.92 Å². The van der Waals surface area contributed by atoms with Crippen molar-refractivity contribution in [1.29, 1.82) is 0 Å². The van der Waals surface area contributed by atoms with Crippen LogP contribution in [-0.4, -0.2) is 5.54 Å². The second-order valence-electron chi connectivity index (χ2n) is 5.33. The van der Waals surface area contributed by atoms with Gasteiger partial charge in [0.2, 0.25) is 0 Å². The van der Waals surface area contributed by atoms with Gasteiger partial charge in [-0.25, -0.2) is 0 Å². The quantitative estimate of drug-likeness (QED) is 0.783. The fourth-order valence-corrected chi connectivity index (χ4v) is 2.97. The molecule has 1 heteroatoms. The second-order valence-corrected chi connectivity index (χ2v) is 5.33. The van der Waals surface area contributed by atoms with Crippen LogP contribution in [0.15, 0.2) is 43.0 Å². The highest BCUT2D eigenvalue weighted by atomic mass is 14.8. The molecule has 1 aliphatic carbocycles. The highest BCUT2D eigenvalue weighted by molar-refractivity contribution is 5.18. The molecule has 0 aliphatic heterocycles. The third-order valence-electron chi connectivity index (χ3n) is 4.11. The van der Waals surface area contributed by atoms with Gasteiger partial charge in [-0.15, -0.1) is 6.58 Å². The van der Waals surface area contributed by atoms with Crippen LogP contribution in [0.3, 0.4) is 0 Å². The van der Waals surface area contributed by atoms with Gasteiger partial charge >= 0.3 is 0 Å². The molecule has 0 heterocycles. The molecule has 1 aliphatic rings. The summed E-state index contributed by atoms with van der Waals surface area (Å²) < 4.78 is 0. The molecule has 0 saturated heterocycles. The zero-order valence-corrected chi connectivity index (χ0v) is 10.6. The van der Waals surface area contributed by atoms with Gasteiger partial charge in [0.05, 0.1) is 0 Å². The molecule has 0 radical (unpaired) electrons. The van der Waals surface area contributed by atoms with Crippen LogP contribution in [0.5, 0.6) is 0 Å². The van der Waals surface area contributed by atoms with Gasteiger partial charge in [-0.3, -0.25) is 0 Å². The topological polar surface area (TPSA) is 26.0 Å². The Morgan fingerprint density at radius 3 is 2.41 bits per heavy atom. The van der Waals surface area contributed by atoms with Crippen molar-refractivity contribution in [3.05, 3.63) is 48.6 Å². The zero-order chi connectivity index (χ0) is 12.1. The summed E-state index contributed by atoms with van der Waals surface area (Å²) in [6, 6.07) is 10.6. The van der Waals surface area contributed by atoms with Crippen molar-refractivity contribution in [2.45, 2.75) is 44.1 Å². The van der Waals surface area contributed by atoms with E-state index in [1.807, 2.05) is 0 Å². The van der Waals surface area contributed by atoms with Gasteiger partial charge in [-0.1, -0.05) is 55.7 Å². The maximum Gasteiger partial charge on any atom is 0.0220 e. The first-order valence-corrected chi connectivity index (χ1v) is 6.70. The van der Waals surface area contributed by atoms with E-state index in [4.69, 9.17) is 5.73 Å². The van der Waals surface area contributed by atoms with Gasteiger partial charge in [0.15, 0.2) is 0 Å². The molecular formula is C16H23N. The highest BCUT2D eigenvalue weighted by Gasteiger charge is 2.34. The smallest absolute Gasteiger partial charge is 0.0220 e. The maximum absolute atomic E-state index is 6.59. The van der Waals surface area contributed by atoms with Gasteiger partial charge in [0, 0.05) is 5.54 Å². The number of hydrogen-bond acceptors (Lipinski definition) is 1. The van der Waals surface area contributed by atoms with Crippen LogP contribution in [0, 0.1) is 5.92 Å². The third kappa shape index (κ3) is 2.98. The minimum absolute atomic E-state index is 0.0180. The Morgan fingerprint density at radius 1 is 1.18 bits per heavy atom. The summed E-state index contributed by atoms with van der Waals surface area (Å²) in [5.74, 6) is 0.408. The Hall–Kier alpha value is -1.08. The maximum atomic E-state index is 6.59. The Labute approximate surface area is 105 Å². The van der Waals surface area contributed by atoms with Gasteiger partial charge in [0.25, 0.3) is 0 Å². The van der Waals surface area contributed by atoms with Crippen LogP contribution in [0.2, 0.25) is 0 Å². The van der Waals surface area contributed by atoms with E-state index in [2.05, 4.69) is 43.0 Å². The monoisotopic (exact) mass is 229 g/mol. The summed E-state index contributed by atoms with van der Waals surface area (Å²) in [6.45, 7) is 4.00. The Morgan fingerprint density at radius 2 is 1.82 bits per heavy atom. The van der Waals surface area contributed by atoms with E-state index in [1.165, 1.54) is 24.8 Å². The largest absolute Gasteiger partial charge is 0.325 e. The fourth-order valence-electron chi connectivity index (χ4n) is 2.97. The standard InChI is InChI=1S/C16H23N/c1-2-15(13-14-9-5-3-6-10-14)16(17)11-7-4-8-12-16/h2-3,5-6,9-10,15H,1,4,7-8,11-13,17H2/t15-/m1/s1. The lowest BCUT2D eigenvalue weighted by atomic mass is 9.71. The van der Waals surface area contributed by atoms with Crippen LogP contribution in [0.4, 0.5) is 0 Å². The Balaban J connectivity index is 2.08. The third-order valence-corrected chi connectivity index (χ3v) is 4.11. The first kappa shape index (κ1) is 12.4. The van der Waals surface area contributed by atoms with Crippen LogP contribution in [0.25, 0.3) is 0 Å². The molecule has 1 aromatic rings. The van der Waals surface area contributed by atoms with E-state index in [1.54, 1.807) is 0 Å². The highest BCUT2D eigenvalue weighted by Crippen LogP contribution is 2.34. The van der Waals surface area contributed by atoms with Crippen molar-refractivity contribution < 1.29 is 0 Å². The lowest BCUT2D eigenvalue weighted by Crippen LogP contribution is -2.48. The normalized spacial score (nSPS) is 20.8.